The van der Waals surface area contributed by atoms with E-state index in [1.54, 1.807) is 13.0 Å². The Morgan fingerprint density at radius 3 is 2.75 bits per heavy atom. The van der Waals surface area contributed by atoms with Gasteiger partial charge in [0, 0.05) is 0 Å². The van der Waals surface area contributed by atoms with Crippen LogP contribution in [0.25, 0.3) is 0 Å². The van der Waals surface area contributed by atoms with Crippen molar-refractivity contribution in [3.05, 3.63) is 28.2 Å². The predicted octanol–water partition coefficient (Wildman–Crippen LogP) is 3.18. The zero-order valence-electron chi connectivity index (χ0n) is 8.94. The molecule has 0 spiro atoms. The highest BCUT2D eigenvalue weighted by Crippen LogP contribution is 2.33. The minimum absolute atomic E-state index is 0.346. The minimum atomic E-state index is -0.817. The lowest BCUT2D eigenvalue weighted by atomic mass is 10.0. The molecule has 16 heavy (non-hydrogen) atoms. The number of halogens is 1. The molecular formula is C12H13BrO3. The topological polar surface area (TPSA) is 46.5 Å². The van der Waals surface area contributed by atoms with E-state index in [-0.39, 0.29) is 0 Å². The molecule has 0 aromatic heterocycles. The lowest BCUT2D eigenvalue weighted by molar-refractivity contribution is -0.138. The Balaban J connectivity index is 2.17. The maximum atomic E-state index is 10.8. The molecule has 4 heteroatoms. The Kier molecular flexibility index (Phi) is 3.19. The van der Waals surface area contributed by atoms with E-state index in [0.29, 0.717) is 6.10 Å². The Morgan fingerprint density at radius 2 is 2.25 bits per heavy atom. The smallest absolute Gasteiger partial charge is 0.310 e. The van der Waals surface area contributed by atoms with Crippen LogP contribution in [0.15, 0.2) is 22.7 Å². The first-order valence-corrected chi connectivity index (χ1v) is 6.06. The lowest BCUT2D eigenvalue weighted by Gasteiger charge is -2.11. The summed E-state index contributed by atoms with van der Waals surface area (Å²) in [5.74, 6) is -0.516. The van der Waals surface area contributed by atoms with Gasteiger partial charge in [0.15, 0.2) is 0 Å². The van der Waals surface area contributed by atoms with Crippen molar-refractivity contribution in [3.63, 3.8) is 0 Å². The molecule has 1 aromatic rings. The summed E-state index contributed by atoms with van der Waals surface area (Å²) < 4.78 is 6.48. The number of carboxylic acid groups (broad SMARTS) is 1. The normalized spacial score (nSPS) is 16.9. The zero-order chi connectivity index (χ0) is 11.7. The SMILES string of the molecule is CC(C(=O)O)c1ccc(OC2CC2)c(Br)c1. The lowest BCUT2D eigenvalue weighted by Crippen LogP contribution is -2.07. The van der Waals surface area contributed by atoms with Crippen molar-refractivity contribution in [2.24, 2.45) is 0 Å². The molecule has 1 saturated carbocycles. The van der Waals surface area contributed by atoms with Crippen molar-refractivity contribution in [1.29, 1.82) is 0 Å². The van der Waals surface area contributed by atoms with Crippen molar-refractivity contribution in [2.75, 3.05) is 0 Å². The number of carbonyl (C=O) groups is 1. The number of hydrogen-bond acceptors (Lipinski definition) is 2. The van der Waals surface area contributed by atoms with Crippen molar-refractivity contribution in [2.45, 2.75) is 31.8 Å². The van der Waals surface area contributed by atoms with E-state index in [1.165, 1.54) is 0 Å². The third-order valence-electron chi connectivity index (χ3n) is 2.64. The van der Waals surface area contributed by atoms with Crippen LogP contribution in [-0.2, 0) is 4.79 Å². The second kappa shape index (κ2) is 4.45. The molecule has 86 valence electrons. The van der Waals surface area contributed by atoms with Gasteiger partial charge in [0.05, 0.1) is 16.5 Å². The average molecular weight is 285 g/mol. The summed E-state index contributed by atoms with van der Waals surface area (Å²) >= 11 is 3.40. The molecule has 0 bridgehead atoms. The highest BCUT2D eigenvalue weighted by molar-refractivity contribution is 9.10. The molecule has 2 rings (SSSR count). The summed E-state index contributed by atoms with van der Waals surface area (Å²) in [5, 5.41) is 8.90. The second-order valence-electron chi connectivity index (χ2n) is 4.07. The van der Waals surface area contributed by atoms with Crippen LogP contribution in [0.3, 0.4) is 0 Å². The highest BCUT2D eigenvalue weighted by Gasteiger charge is 2.24. The van der Waals surface area contributed by atoms with Gasteiger partial charge in [0.25, 0.3) is 0 Å². The van der Waals surface area contributed by atoms with Crippen LogP contribution < -0.4 is 4.74 Å². The molecule has 0 heterocycles. The summed E-state index contributed by atoms with van der Waals surface area (Å²) in [5.41, 5.74) is 0.780. The summed E-state index contributed by atoms with van der Waals surface area (Å²) in [6.45, 7) is 1.67. The summed E-state index contributed by atoms with van der Waals surface area (Å²) in [6, 6.07) is 5.45. The van der Waals surface area contributed by atoms with Gasteiger partial charge in [-0.1, -0.05) is 6.07 Å². The van der Waals surface area contributed by atoms with Crippen LogP contribution in [0.5, 0.6) is 5.75 Å². The Morgan fingerprint density at radius 1 is 1.56 bits per heavy atom. The van der Waals surface area contributed by atoms with E-state index in [1.807, 2.05) is 12.1 Å². The zero-order valence-corrected chi connectivity index (χ0v) is 10.5. The van der Waals surface area contributed by atoms with Crippen LogP contribution >= 0.6 is 15.9 Å². The minimum Gasteiger partial charge on any atom is -0.489 e. The molecule has 0 radical (unpaired) electrons. The van der Waals surface area contributed by atoms with E-state index in [9.17, 15) is 4.79 Å². The molecule has 1 aromatic carbocycles. The second-order valence-corrected chi connectivity index (χ2v) is 4.92. The van der Waals surface area contributed by atoms with Gasteiger partial charge in [0.1, 0.15) is 5.75 Å². The molecule has 0 saturated heterocycles. The van der Waals surface area contributed by atoms with Gasteiger partial charge in [-0.2, -0.15) is 0 Å². The number of carboxylic acids is 1. The van der Waals surface area contributed by atoms with Crippen molar-refractivity contribution < 1.29 is 14.6 Å². The Bertz CT molecular complexity index is 413. The first kappa shape index (κ1) is 11.5. The van der Waals surface area contributed by atoms with Gasteiger partial charge in [-0.05, 0) is 53.4 Å². The predicted molar refractivity (Wildman–Crippen MR) is 63.8 cm³/mol. The summed E-state index contributed by atoms with van der Waals surface area (Å²) in [6.07, 6.45) is 2.57. The fourth-order valence-corrected chi connectivity index (χ4v) is 1.88. The maximum absolute atomic E-state index is 10.8. The van der Waals surface area contributed by atoms with Gasteiger partial charge < -0.3 is 9.84 Å². The van der Waals surface area contributed by atoms with Crippen LogP contribution in [0, 0.1) is 0 Å². The van der Waals surface area contributed by atoms with Crippen LogP contribution in [0.4, 0.5) is 0 Å². The fourth-order valence-electron chi connectivity index (χ4n) is 1.39. The average Bonchev–Trinajstić information content (AvgIpc) is 3.03. The first-order chi connectivity index (χ1) is 7.58. The molecule has 0 aliphatic heterocycles. The first-order valence-electron chi connectivity index (χ1n) is 5.27. The highest BCUT2D eigenvalue weighted by atomic mass is 79.9. The van der Waals surface area contributed by atoms with Crippen LogP contribution in [-0.4, -0.2) is 17.2 Å². The van der Waals surface area contributed by atoms with Gasteiger partial charge in [-0.25, -0.2) is 0 Å². The van der Waals surface area contributed by atoms with Crippen molar-refractivity contribution >= 4 is 21.9 Å². The molecule has 1 fully saturated rings. The quantitative estimate of drug-likeness (QED) is 0.924. The fraction of sp³-hybridized carbons (Fsp3) is 0.417. The maximum Gasteiger partial charge on any atom is 0.310 e. The number of hydrogen-bond donors (Lipinski definition) is 1. The molecular weight excluding hydrogens is 272 g/mol. The third-order valence-corrected chi connectivity index (χ3v) is 3.26. The standard InChI is InChI=1S/C12H13BrO3/c1-7(12(14)15)8-2-5-11(10(13)6-8)16-9-3-4-9/h2,5-7,9H,3-4H2,1H3,(H,14,15). The molecule has 0 amide bonds. The number of rotatable bonds is 4. The summed E-state index contributed by atoms with van der Waals surface area (Å²) in [7, 11) is 0. The number of benzene rings is 1. The van der Waals surface area contributed by atoms with E-state index in [2.05, 4.69) is 15.9 Å². The van der Waals surface area contributed by atoms with Gasteiger partial charge in [-0.3, -0.25) is 4.79 Å². The van der Waals surface area contributed by atoms with E-state index in [4.69, 9.17) is 9.84 Å². The molecule has 1 atom stereocenters. The number of aliphatic carboxylic acids is 1. The van der Waals surface area contributed by atoms with E-state index >= 15 is 0 Å². The van der Waals surface area contributed by atoms with Crippen molar-refractivity contribution in [1.82, 2.24) is 0 Å². The third kappa shape index (κ3) is 2.55. The molecule has 1 aliphatic carbocycles. The molecule has 1 N–H and O–H groups in total. The Labute approximate surface area is 103 Å². The molecule has 3 nitrogen and oxygen atoms in total. The molecule has 1 unspecified atom stereocenters. The van der Waals surface area contributed by atoms with Crippen molar-refractivity contribution in [3.8, 4) is 5.75 Å². The van der Waals surface area contributed by atoms with Gasteiger partial charge >= 0.3 is 5.97 Å². The monoisotopic (exact) mass is 284 g/mol. The van der Waals surface area contributed by atoms with E-state index in [0.717, 1.165) is 28.6 Å². The van der Waals surface area contributed by atoms with E-state index < -0.39 is 11.9 Å². The van der Waals surface area contributed by atoms with Crippen LogP contribution in [0.2, 0.25) is 0 Å². The van der Waals surface area contributed by atoms with Gasteiger partial charge in [-0.15, -0.1) is 0 Å². The van der Waals surface area contributed by atoms with Crippen LogP contribution in [0.1, 0.15) is 31.2 Å². The summed E-state index contributed by atoms with van der Waals surface area (Å²) in [4.78, 5) is 10.8. The largest absolute Gasteiger partial charge is 0.489 e. The molecule has 1 aliphatic rings. The Hall–Kier alpha value is -1.03. The van der Waals surface area contributed by atoms with Gasteiger partial charge in [0.2, 0.25) is 0 Å². The number of ether oxygens (including phenoxy) is 1.